The Bertz CT molecular complexity index is 1950. The van der Waals surface area contributed by atoms with Crippen molar-refractivity contribution in [1.29, 1.82) is 0 Å². The van der Waals surface area contributed by atoms with Crippen LogP contribution in [0.1, 0.15) is 77.4 Å². The van der Waals surface area contributed by atoms with Gasteiger partial charge in [-0.05, 0) is 138 Å². The molecule has 2 aliphatic carbocycles. The molecule has 0 fully saturated rings. The Labute approximate surface area is 309 Å². The van der Waals surface area contributed by atoms with Crippen LogP contribution >= 0.6 is 47.8 Å². The molecule has 7 nitrogen and oxygen atoms in total. The number of ketones is 2. The lowest BCUT2D eigenvalue weighted by molar-refractivity contribution is -0.136. The molecule has 0 radical (unpaired) electrons. The van der Waals surface area contributed by atoms with Gasteiger partial charge in [-0.25, -0.2) is 22.4 Å². The summed E-state index contributed by atoms with van der Waals surface area (Å²) in [5.41, 5.74) is 3.79. The van der Waals surface area contributed by atoms with Gasteiger partial charge in [0.2, 0.25) is 0 Å². The molecule has 0 unspecified atom stereocenters. The van der Waals surface area contributed by atoms with E-state index in [0.29, 0.717) is 62.1 Å². The number of aryl methyl sites for hydroxylation is 3. The van der Waals surface area contributed by atoms with Crippen LogP contribution in [0, 0.1) is 23.3 Å². The third kappa shape index (κ3) is 11.3. The fourth-order valence-corrected chi connectivity index (χ4v) is 5.92. The first-order chi connectivity index (χ1) is 23.6. The van der Waals surface area contributed by atoms with E-state index in [4.69, 9.17) is 5.11 Å². The average molecular weight is 887 g/mol. The summed E-state index contributed by atoms with van der Waals surface area (Å²) in [6, 6.07) is 14.1. The number of carboxylic acid groups (broad SMARTS) is 1. The molecule has 2 aliphatic rings. The first kappa shape index (κ1) is 40.4. The fourth-order valence-electron chi connectivity index (χ4n) is 4.70. The molecule has 4 aromatic carbocycles. The van der Waals surface area contributed by atoms with Crippen molar-refractivity contribution < 1.29 is 51.4 Å². The van der Waals surface area contributed by atoms with Gasteiger partial charge in [0.1, 0.15) is 29.6 Å². The third-order valence-electron chi connectivity index (χ3n) is 7.28. The van der Waals surface area contributed by atoms with Gasteiger partial charge in [0, 0.05) is 36.0 Å². The van der Waals surface area contributed by atoms with Gasteiger partial charge in [-0.15, -0.1) is 0 Å². The minimum atomic E-state index is -0.847. The zero-order valence-corrected chi connectivity index (χ0v) is 30.9. The number of fused-ring (bicyclic) bond motifs is 2. The number of rotatable bonds is 5. The van der Waals surface area contributed by atoms with Crippen LogP contribution in [0.5, 0.6) is 0 Å². The number of halogens is 7. The predicted molar refractivity (Wildman–Crippen MR) is 187 cm³/mol. The number of hydrogen-bond donors (Lipinski definition) is 1. The van der Waals surface area contributed by atoms with Gasteiger partial charge in [0.15, 0.2) is 11.6 Å². The molecule has 14 heteroatoms. The number of aldehydes is 1. The Kier molecular flexibility index (Phi) is 15.2. The van der Waals surface area contributed by atoms with Gasteiger partial charge < -0.3 is 9.84 Å². The van der Waals surface area contributed by atoms with E-state index >= 15 is 0 Å². The highest BCUT2D eigenvalue weighted by atomic mass is 79.9. The Morgan fingerprint density at radius 3 is 1.76 bits per heavy atom. The zero-order valence-electron chi connectivity index (χ0n) is 26.1. The molecule has 0 saturated carbocycles. The van der Waals surface area contributed by atoms with Gasteiger partial charge >= 0.3 is 11.9 Å². The second kappa shape index (κ2) is 18.8. The van der Waals surface area contributed by atoms with Crippen LogP contribution in [0.15, 0.2) is 74.1 Å². The van der Waals surface area contributed by atoms with Crippen molar-refractivity contribution >= 4 is 77.6 Å². The van der Waals surface area contributed by atoms with Crippen LogP contribution in [0.4, 0.5) is 17.6 Å². The fraction of sp³-hybridized carbons (Fsp3) is 0.194. The average Bonchev–Trinajstić information content (AvgIpc) is 3.63. The number of hydrogen-bond acceptors (Lipinski definition) is 6. The van der Waals surface area contributed by atoms with Gasteiger partial charge in [0.05, 0.1) is 26.1 Å². The van der Waals surface area contributed by atoms with Gasteiger partial charge in [0.25, 0.3) is 0 Å². The number of benzene rings is 4. The van der Waals surface area contributed by atoms with Crippen LogP contribution in [0.3, 0.4) is 0 Å². The maximum absolute atomic E-state index is 13.4. The van der Waals surface area contributed by atoms with Crippen molar-refractivity contribution in [2.45, 2.75) is 38.5 Å². The van der Waals surface area contributed by atoms with Crippen LogP contribution < -0.4 is 0 Å². The Balaban J connectivity index is 0.000000182. The molecule has 0 heterocycles. The van der Waals surface area contributed by atoms with Gasteiger partial charge in [-0.3, -0.25) is 19.2 Å². The molecular weight excluding hydrogens is 860 g/mol. The summed E-state index contributed by atoms with van der Waals surface area (Å²) in [6.45, 7) is 0. The molecule has 0 spiro atoms. The monoisotopic (exact) mass is 884 g/mol. The molecule has 1 N–H and O–H groups in total. The highest BCUT2D eigenvalue weighted by molar-refractivity contribution is 9.11. The zero-order chi connectivity index (χ0) is 37.1. The van der Waals surface area contributed by atoms with E-state index in [0.717, 1.165) is 29.2 Å². The van der Waals surface area contributed by atoms with Crippen molar-refractivity contribution in [2.24, 2.45) is 0 Å². The summed E-state index contributed by atoms with van der Waals surface area (Å²) in [5.74, 6) is -3.32. The minimum absolute atomic E-state index is 0.0522. The number of ether oxygens (including phenoxy) is 1. The lowest BCUT2D eigenvalue weighted by Gasteiger charge is -2.04. The first-order valence-corrected chi connectivity index (χ1v) is 17.0. The molecule has 6 rings (SSSR count). The van der Waals surface area contributed by atoms with E-state index in [1.807, 2.05) is 0 Å². The maximum Gasteiger partial charge on any atom is 0.340 e. The molecule has 0 saturated heterocycles. The lowest BCUT2D eigenvalue weighted by Crippen LogP contribution is -2.06. The highest BCUT2D eigenvalue weighted by Crippen LogP contribution is 2.28. The van der Waals surface area contributed by atoms with E-state index in [9.17, 15) is 41.5 Å². The van der Waals surface area contributed by atoms with Crippen LogP contribution in [0.2, 0.25) is 0 Å². The Morgan fingerprint density at radius 1 is 0.720 bits per heavy atom. The third-order valence-corrected chi connectivity index (χ3v) is 9.10. The molecule has 262 valence electrons. The van der Waals surface area contributed by atoms with Gasteiger partial charge in [-0.1, -0.05) is 6.07 Å². The van der Waals surface area contributed by atoms with Crippen molar-refractivity contribution in [2.75, 3.05) is 7.11 Å². The summed E-state index contributed by atoms with van der Waals surface area (Å²) < 4.78 is 57.1. The van der Waals surface area contributed by atoms with E-state index in [2.05, 4.69) is 52.5 Å². The molecule has 0 atom stereocenters. The smallest absolute Gasteiger partial charge is 0.340 e. The number of carboxylic acids is 1. The number of carbonyl (C=O) groups is 5. The second-order valence-electron chi connectivity index (χ2n) is 10.7. The number of carbonyl (C=O) groups excluding carboxylic acids is 4. The summed E-state index contributed by atoms with van der Waals surface area (Å²) in [5, 5.41) is 8.41. The summed E-state index contributed by atoms with van der Waals surface area (Å²) in [4.78, 5) is 54.0. The molecule has 4 aromatic rings. The van der Waals surface area contributed by atoms with Crippen molar-refractivity contribution in [1.82, 2.24) is 0 Å². The SMILES string of the molecule is COC(=O)c1cc2c(cc1F)C(=O)CC2.O=C(O)CCc1ccc(F)c(Br)c1.O=C1CCc2cc(Br)c(F)cc21.O=Cc1ccc(F)c(Br)c1. The van der Waals surface area contributed by atoms with E-state index < -0.39 is 17.8 Å². The molecule has 0 aliphatic heterocycles. The Hall–Kier alpha value is -4.01. The minimum Gasteiger partial charge on any atom is -0.481 e. The number of methoxy groups -OCH3 is 1. The van der Waals surface area contributed by atoms with Crippen LogP contribution in [-0.2, 0) is 28.8 Å². The number of aliphatic carboxylic acids is 1. The van der Waals surface area contributed by atoms with Crippen LogP contribution in [0.25, 0.3) is 0 Å². The van der Waals surface area contributed by atoms with Crippen LogP contribution in [-0.4, -0.2) is 42.0 Å². The van der Waals surface area contributed by atoms with Gasteiger partial charge in [-0.2, -0.15) is 0 Å². The molecular formula is C36H27Br3F4O7. The first-order valence-electron chi connectivity index (χ1n) is 14.7. The number of Topliss-reactive ketones (excluding diaryl/α,β-unsaturated/α-hetero) is 2. The van der Waals surface area contributed by atoms with E-state index in [1.54, 1.807) is 18.2 Å². The molecule has 0 bridgehead atoms. The predicted octanol–water partition coefficient (Wildman–Crippen LogP) is 9.46. The molecule has 50 heavy (non-hydrogen) atoms. The largest absolute Gasteiger partial charge is 0.481 e. The highest BCUT2D eigenvalue weighted by Gasteiger charge is 2.24. The lowest BCUT2D eigenvalue weighted by atomic mass is 10.1. The quantitative estimate of drug-likeness (QED) is 0.121. The molecule has 0 amide bonds. The van der Waals surface area contributed by atoms with Crippen molar-refractivity contribution in [3.63, 3.8) is 0 Å². The van der Waals surface area contributed by atoms with E-state index in [1.165, 1.54) is 43.5 Å². The summed E-state index contributed by atoms with van der Waals surface area (Å²) in [6.07, 6.45) is 3.38. The second-order valence-corrected chi connectivity index (χ2v) is 13.2. The standard InChI is InChI=1S/C11H9FO3.C9H8BrFO2.C9H6BrFO.C7H4BrFO/c1-15-11(14)8-4-6-2-3-10(13)7(6)5-9(8)12;10-7-5-6(1-3-8(7)11)2-4-9(12)13;10-7-3-5-1-2-9(12)6(5)4-8(7)11;8-6-3-5(4-10)1-2-7(6)9/h4-5H,2-3H2,1H3;1,3,5H,2,4H2,(H,12,13);3-4H,1-2H2;1-4H. The van der Waals surface area contributed by atoms with Crippen molar-refractivity contribution in [3.05, 3.63) is 136 Å². The molecule has 0 aromatic heterocycles. The summed E-state index contributed by atoms with van der Waals surface area (Å²) in [7, 11) is 1.19. The topological polar surface area (TPSA) is 115 Å². The Morgan fingerprint density at radius 2 is 1.24 bits per heavy atom. The van der Waals surface area contributed by atoms with E-state index in [-0.39, 0.29) is 41.0 Å². The maximum atomic E-state index is 13.4. The summed E-state index contributed by atoms with van der Waals surface area (Å²) >= 11 is 9.07. The van der Waals surface area contributed by atoms with Crippen molar-refractivity contribution in [3.8, 4) is 0 Å². The number of esters is 1. The normalized spacial score (nSPS) is 12.2.